The van der Waals surface area contributed by atoms with Crippen LogP contribution in [0.15, 0.2) is 131 Å². The zero-order valence-electron chi connectivity index (χ0n) is 22.5. The normalized spacial score (nSPS) is 22.0. The Morgan fingerprint density at radius 3 is 1.71 bits per heavy atom. The summed E-state index contributed by atoms with van der Waals surface area (Å²) in [5, 5.41) is 10.0. The van der Waals surface area contributed by atoms with E-state index in [1.807, 2.05) is 43.4 Å². The third kappa shape index (κ3) is 12.7. The van der Waals surface area contributed by atoms with Gasteiger partial charge in [-0.3, -0.25) is 4.79 Å². The molecule has 1 aliphatic rings. The molecule has 35 heavy (non-hydrogen) atoms. The van der Waals surface area contributed by atoms with Gasteiger partial charge in [-0.2, -0.15) is 0 Å². The van der Waals surface area contributed by atoms with Crippen LogP contribution in [-0.4, -0.2) is 17.5 Å². The Morgan fingerprint density at radius 1 is 0.771 bits per heavy atom. The fraction of sp³-hybridized carbons (Fsp3) is 0.303. The molecule has 1 aliphatic carbocycles. The number of hydrogen-bond acceptors (Lipinski definition) is 2. The number of aldehydes is 1. The van der Waals surface area contributed by atoms with Gasteiger partial charge in [-0.15, -0.1) is 0 Å². The number of carbonyl (C=O) groups is 1. The molecule has 1 atom stereocenters. The van der Waals surface area contributed by atoms with Crippen molar-refractivity contribution >= 4 is 6.29 Å². The van der Waals surface area contributed by atoms with Crippen LogP contribution in [-0.2, 0) is 4.79 Å². The average molecular weight is 471 g/mol. The Morgan fingerprint density at radius 2 is 1.23 bits per heavy atom. The Kier molecular flexibility index (Phi) is 13.3. The summed E-state index contributed by atoms with van der Waals surface area (Å²) in [4.78, 5) is 10.3. The lowest BCUT2D eigenvalue weighted by Crippen LogP contribution is -2.26. The fourth-order valence-corrected chi connectivity index (χ4v) is 3.77. The maximum Gasteiger partial charge on any atom is 0.142 e. The maximum atomic E-state index is 10.3. The van der Waals surface area contributed by atoms with E-state index in [0.29, 0.717) is 0 Å². The molecule has 0 fully saturated rings. The zero-order chi connectivity index (χ0) is 26.3. The Hall–Kier alpha value is -3.23. The summed E-state index contributed by atoms with van der Waals surface area (Å²) in [5.41, 5.74) is 7.00. The van der Waals surface area contributed by atoms with E-state index in [2.05, 4.69) is 90.2 Å². The van der Waals surface area contributed by atoms with E-state index < -0.39 is 0 Å². The van der Waals surface area contributed by atoms with Crippen molar-refractivity contribution in [1.29, 1.82) is 0 Å². The Bertz CT molecular complexity index is 1050. The molecule has 1 N–H and O–H groups in total. The minimum atomic E-state index is -0.352. The van der Waals surface area contributed by atoms with E-state index in [-0.39, 0.29) is 11.5 Å². The monoisotopic (exact) mass is 470 g/mol. The third-order valence-corrected chi connectivity index (χ3v) is 5.64. The molecule has 0 aromatic heterocycles. The molecule has 1 unspecified atom stereocenters. The highest BCUT2D eigenvalue weighted by molar-refractivity contribution is 5.65. The molecule has 0 spiro atoms. The fourth-order valence-electron chi connectivity index (χ4n) is 3.77. The van der Waals surface area contributed by atoms with Crippen LogP contribution in [0.2, 0.25) is 0 Å². The van der Waals surface area contributed by atoms with Gasteiger partial charge >= 0.3 is 0 Å². The van der Waals surface area contributed by atoms with E-state index in [1.165, 1.54) is 22.8 Å². The summed E-state index contributed by atoms with van der Waals surface area (Å²) in [6, 6.07) is 0. The van der Waals surface area contributed by atoms with Gasteiger partial charge in [0.25, 0.3) is 0 Å². The molecule has 186 valence electrons. The van der Waals surface area contributed by atoms with Crippen LogP contribution in [0.1, 0.15) is 54.9 Å². The van der Waals surface area contributed by atoms with E-state index in [9.17, 15) is 9.90 Å². The average Bonchev–Trinajstić information content (AvgIpc) is 2.75. The Balaban J connectivity index is 2.67. The molecular weight excluding hydrogens is 428 g/mol. The molecule has 0 aromatic rings. The second-order valence-electron chi connectivity index (χ2n) is 9.69. The summed E-state index contributed by atoms with van der Waals surface area (Å²) >= 11 is 0. The molecule has 2 heteroatoms. The van der Waals surface area contributed by atoms with E-state index >= 15 is 0 Å². The highest BCUT2D eigenvalue weighted by Gasteiger charge is 2.30. The van der Waals surface area contributed by atoms with Crippen LogP contribution in [0, 0.1) is 5.41 Å². The zero-order valence-corrected chi connectivity index (χ0v) is 22.5. The first kappa shape index (κ1) is 29.8. The highest BCUT2D eigenvalue weighted by Crippen LogP contribution is 2.40. The molecule has 0 radical (unpaired) electrons. The molecule has 2 nitrogen and oxygen atoms in total. The number of hydrogen-bond donors (Lipinski definition) is 1. The quantitative estimate of drug-likeness (QED) is 0.198. The second kappa shape index (κ2) is 15.6. The largest absolute Gasteiger partial charge is 0.389 e. The van der Waals surface area contributed by atoms with Crippen molar-refractivity contribution in [3.63, 3.8) is 0 Å². The molecule has 0 aliphatic heterocycles. The molecule has 0 bridgehead atoms. The summed E-state index contributed by atoms with van der Waals surface area (Å²) < 4.78 is 0. The lowest BCUT2D eigenvalue weighted by atomic mass is 9.72. The topological polar surface area (TPSA) is 37.3 Å². The predicted molar refractivity (Wildman–Crippen MR) is 153 cm³/mol. The maximum absolute atomic E-state index is 10.3. The number of rotatable bonds is 10. The van der Waals surface area contributed by atoms with Gasteiger partial charge in [0.1, 0.15) is 6.29 Å². The number of aliphatic hydroxyl groups excluding tert-OH is 1. The molecule has 0 saturated carbocycles. The number of carbonyl (C=O) groups excluding carboxylic acids is 1. The molecular formula is C33H42O2. The summed E-state index contributed by atoms with van der Waals surface area (Å²) in [5.74, 6) is 0. The summed E-state index contributed by atoms with van der Waals surface area (Å²) in [6.45, 7) is 14.7. The van der Waals surface area contributed by atoms with Crippen LogP contribution in [0.4, 0.5) is 0 Å². The first-order chi connectivity index (χ1) is 16.5. The third-order valence-electron chi connectivity index (χ3n) is 5.64. The minimum Gasteiger partial charge on any atom is -0.389 e. The molecule has 1 rings (SSSR count). The van der Waals surface area contributed by atoms with Gasteiger partial charge < -0.3 is 5.11 Å². The highest BCUT2D eigenvalue weighted by atomic mass is 16.3. The van der Waals surface area contributed by atoms with E-state index in [0.717, 1.165) is 29.4 Å². The van der Waals surface area contributed by atoms with Crippen LogP contribution < -0.4 is 0 Å². The van der Waals surface area contributed by atoms with Crippen molar-refractivity contribution in [1.82, 2.24) is 0 Å². The van der Waals surface area contributed by atoms with Crippen molar-refractivity contribution in [2.45, 2.75) is 61.0 Å². The van der Waals surface area contributed by atoms with Crippen molar-refractivity contribution < 1.29 is 9.90 Å². The lowest BCUT2D eigenvalue weighted by Gasteiger charge is -2.34. The molecule has 0 saturated heterocycles. The van der Waals surface area contributed by atoms with Gasteiger partial charge in [-0.1, -0.05) is 127 Å². The van der Waals surface area contributed by atoms with Crippen molar-refractivity contribution in [2.24, 2.45) is 5.41 Å². The Labute approximate surface area is 213 Å². The number of aliphatic hydroxyl groups is 1. The lowest BCUT2D eigenvalue weighted by molar-refractivity contribution is -0.104. The molecule has 0 aromatic carbocycles. The van der Waals surface area contributed by atoms with Gasteiger partial charge in [0.2, 0.25) is 0 Å². The van der Waals surface area contributed by atoms with Gasteiger partial charge in [-0.05, 0) is 63.7 Å². The number of allylic oxidation sites excluding steroid dienone is 21. The standard InChI is InChI=1S/C33H42O2/c1-26(17-12-18-28(3)16-10-11-23-34)14-8-9-15-27(2)19-13-20-29(4)21-22-32-30(5)24-31(35)25-33(32,6)7/h8-24,31,35H,25H2,1-7H3/b11-10-,14-8+,15-9+,18-12+,20-13+,26-17+,27-19+,28-16+,29-21+,32-22+. The van der Waals surface area contributed by atoms with Gasteiger partial charge in [0.15, 0.2) is 0 Å². The van der Waals surface area contributed by atoms with E-state index in [1.54, 1.807) is 6.08 Å². The first-order valence-corrected chi connectivity index (χ1v) is 12.1. The van der Waals surface area contributed by atoms with Crippen molar-refractivity contribution in [3.05, 3.63) is 131 Å². The van der Waals surface area contributed by atoms with Crippen LogP contribution >= 0.6 is 0 Å². The summed E-state index contributed by atoms with van der Waals surface area (Å²) in [7, 11) is 0. The van der Waals surface area contributed by atoms with Gasteiger partial charge in [-0.25, -0.2) is 0 Å². The first-order valence-electron chi connectivity index (χ1n) is 12.1. The van der Waals surface area contributed by atoms with Crippen molar-refractivity contribution in [3.8, 4) is 0 Å². The summed E-state index contributed by atoms with van der Waals surface area (Å²) in [6.07, 6.45) is 33.1. The second-order valence-corrected chi connectivity index (χ2v) is 9.69. The van der Waals surface area contributed by atoms with E-state index in [4.69, 9.17) is 0 Å². The molecule has 0 amide bonds. The minimum absolute atomic E-state index is 0.0252. The molecule has 0 heterocycles. The predicted octanol–water partition coefficient (Wildman–Crippen LogP) is 8.42. The smallest absolute Gasteiger partial charge is 0.142 e. The van der Waals surface area contributed by atoms with Crippen LogP contribution in [0.5, 0.6) is 0 Å². The van der Waals surface area contributed by atoms with Crippen molar-refractivity contribution in [2.75, 3.05) is 0 Å². The SMILES string of the molecule is CC1=CC(O)CC(C)(C)/C1=C/C=C(C)/C=C/C=C(C)/C=C/C=C/C(C)=C/C=C/C(C)=C/C=C\C=O. The van der Waals surface area contributed by atoms with Crippen LogP contribution in [0.25, 0.3) is 0 Å². The van der Waals surface area contributed by atoms with Gasteiger partial charge in [0, 0.05) is 0 Å². The van der Waals surface area contributed by atoms with Crippen LogP contribution in [0.3, 0.4) is 0 Å². The van der Waals surface area contributed by atoms with Gasteiger partial charge in [0.05, 0.1) is 6.10 Å².